The first-order valence-corrected chi connectivity index (χ1v) is 7.48. The molecule has 0 spiro atoms. The lowest BCUT2D eigenvalue weighted by Gasteiger charge is -2.28. The average Bonchev–Trinajstić information content (AvgIpc) is 2.57. The molecule has 116 valence electrons. The predicted molar refractivity (Wildman–Crippen MR) is 84.1 cm³/mol. The molecule has 0 radical (unpaired) electrons. The quantitative estimate of drug-likeness (QED) is 0.941. The molecule has 2 aromatic rings. The second-order valence-electron chi connectivity index (χ2n) is 5.13. The number of anilines is 3. The van der Waals surface area contributed by atoms with Crippen LogP contribution in [-0.4, -0.2) is 36.3 Å². The summed E-state index contributed by atoms with van der Waals surface area (Å²) in [6, 6.07) is 8.18. The number of nitrogens with one attached hydrogen (secondary N) is 1. The molecule has 6 heteroatoms. The van der Waals surface area contributed by atoms with Crippen LogP contribution in [0.2, 0.25) is 0 Å². The molecule has 1 aromatic carbocycles. The Morgan fingerprint density at radius 2 is 1.91 bits per heavy atom. The van der Waals surface area contributed by atoms with Crippen LogP contribution in [0.15, 0.2) is 30.3 Å². The molecule has 1 fully saturated rings. The summed E-state index contributed by atoms with van der Waals surface area (Å²) < 4.78 is 18.4. The Morgan fingerprint density at radius 1 is 1.18 bits per heavy atom. The molecule has 1 aromatic heterocycles. The number of morpholine rings is 1. The van der Waals surface area contributed by atoms with E-state index in [1.807, 2.05) is 6.07 Å². The molecule has 1 aliphatic rings. The first kappa shape index (κ1) is 14.7. The number of nitrogens with zero attached hydrogens (tertiary/aromatic N) is 3. The molecule has 0 amide bonds. The predicted octanol–water partition coefficient (Wildman–Crippen LogP) is 2.76. The van der Waals surface area contributed by atoms with E-state index in [2.05, 4.69) is 27.1 Å². The SMILES string of the molecule is CCc1cc(N2CCOCC2)nc(Nc2ccc(F)cc2)n1. The van der Waals surface area contributed by atoms with Crippen molar-refractivity contribution in [3.63, 3.8) is 0 Å². The van der Waals surface area contributed by atoms with Gasteiger partial charge in [0.25, 0.3) is 0 Å². The van der Waals surface area contributed by atoms with Gasteiger partial charge in [0.05, 0.1) is 13.2 Å². The Bertz CT molecular complexity index is 627. The number of rotatable bonds is 4. The van der Waals surface area contributed by atoms with Crippen molar-refractivity contribution in [1.29, 1.82) is 0 Å². The van der Waals surface area contributed by atoms with Gasteiger partial charge in [-0.25, -0.2) is 9.37 Å². The maximum atomic E-state index is 13.0. The van der Waals surface area contributed by atoms with Crippen molar-refractivity contribution >= 4 is 17.5 Å². The largest absolute Gasteiger partial charge is 0.378 e. The summed E-state index contributed by atoms with van der Waals surface area (Å²) >= 11 is 0. The fourth-order valence-electron chi connectivity index (χ4n) is 2.34. The van der Waals surface area contributed by atoms with Crippen LogP contribution in [0.3, 0.4) is 0 Å². The molecule has 1 aliphatic heterocycles. The summed E-state index contributed by atoms with van der Waals surface area (Å²) in [6.45, 7) is 5.15. The Labute approximate surface area is 129 Å². The molecule has 0 bridgehead atoms. The van der Waals surface area contributed by atoms with Gasteiger partial charge in [-0.05, 0) is 30.7 Å². The van der Waals surface area contributed by atoms with Crippen LogP contribution >= 0.6 is 0 Å². The molecule has 5 nitrogen and oxygen atoms in total. The third kappa shape index (κ3) is 3.51. The molecule has 2 heterocycles. The van der Waals surface area contributed by atoms with E-state index in [9.17, 15) is 4.39 Å². The first-order chi connectivity index (χ1) is 10.7. The number of halogens is 1. The van der Waals surface area contributed by atoms with Crippen molar-refractivity contribution in [3.05, 3.63) is 41.8 Å². The summed E-state index contributed by atoms with van der Waals surface area (Å²) in [5.41, 5.74) is 1.74. The monoisotopic (exact) mass is 302 g/mol. The van der Waals surface area contributed by atoms with Crippen molar-refractivity contribution in [2.24, 2.45) is 0 Å². The van der Waals surface area contributed by atoms with E-state index in [0.717, 1.165) is 36.7 Å². The molecule has 3 rings (SSSR count). The molecule has 1 saturated heterocycles. The number of hydrogen-bond donors (Lipinski definition) is 1. The van der Waals surface area contributed by atoms with Gasteiger partial charge in [0.2, 0.25) is 5.95 Å². The van der Waals surface area contributed by atoms with Crippen molar-refractivity contribution < 1.29 is 9.13 Å². The second-order valence-corrected chi connectivity index (χ2v) is 5.13. The van der Waals surface area contributed by atoms with Crippen LogP contribution in [0.25, 0.3) is 0 Å². The van der Waals surface area contributed by atoms with Crippen LogP contribution < -0.4 is 10.2 Å². The summed E-state index contributed by atoms with van der Waals surface area (Å²) in [6.07, 6.45) is 0.831. The van der Waals surface area contributed by atoms with Gasteiger partial charge in [-0.1, -0.05) is 6.92 Å². The number of ether oxygens (including phenoxy) is 1. The van der Waals surface area contributed by atoms with Crippen molar-refractivity contribution in [2.45, 2.75) is 13.3 Å². The fourth-order valence-corrected chi connectivity index (χ4v) is 2.34. The van der Waals surface area contributed by atoms with Gasteiger partial charge in [-0.2, -0.15) is 4.98 Å². The lowest BCUT2D eigenvalue weighted by atomic mass is 10.3. The number of hydrogen-bond acceptors (Lipinski definition) is 5. The molecule has 0 atom stereocenters. The lowest BCUT2D eigenvalue weighted by molar-refractivity contribution is 0.122. The minimum absolute atomic E-state index is 0.261. The molecule has 22 heavy (non-hydrogen) atoms. The smallest absolute Gasteiger partial charge is 0.229 e. The first-order valence-electron chi connectivity index (χ1n) is 7.48. The highest BCUT2D eigenvalue weighted by molar-refractivity contribution is 5.55. The summed E-state index contributed by atoms with van der Waals surface area (Å²) in [5.74, 6) is 1.18. The highest BCUT2D eigenvalue weighted by atomic mass is 19.1. The zero-order valence-corrected chi connectivity index (χ0v) is 12.6. The minimum atomic E-state index is -0.261. The van der Waals surface area contributed by atoms with Crippen molar-refractivity contribution in [2.75, 3.05) is 36.5 Å². The standard InChI is InChI=1S/C16H19FN4O/c1-2-13-11-15(21-7-9-22-10-8-21)20-16(18-13)19-14-5-3-12(17)4-6-14/h3-6,11H,2,7-10H2,1H3,(H,18,19,20). The molecule has 0 saturated carbocycles. The Kier molecular flexibility index (Phi) is 4.48. The van der Waals surface area contributed by atoms with Gasteiger partial charge >= 0.3 is 0 Å². The van der Waals surface area contributed by atoms with E-state index in [0.29, 0.717) is 19.2 Å². The highest BCUT2D eigenvalue weighted by Crippen LogP contribution is 2.20. The van der Waals surface area contributed by atoms with Crippen LogP contribution in [0.4, 0.5) is 21.8 Å². The Balaban J connectivity index is 1.84. The molecular formula is C16H19FN4O. The molecule has 0 unspecified atom stereocenters. The van der Waals surface area contributed by atoms with E-state index in [1.54, 1.807) is 12.1 Å². The Hall–Kier alpha value is -2.21. The van der Waals surface area contributed by atoms with E-state index in [-0.39, 0.29) is 5.82 Å². The summed E-state index contributed by atoms with van der Waals surface area (Å²) in [4.78, 5) is 11.3. The minimum Gasteiger partial charge on any atom is -0.378 e. The van der Waals surface area contributed by atoms with Crippen LogP contribution in [0.1, 0.15) is 12.6 Å². The Morgan fingerprint density at radius 3 is 2.59 bits per heavy atom. The third-order valence-electron chi connectivity index (χ3n) is 3.56. The van der Waals surface area contributed by atoms with E-state index in [1.165, 1.54) is 12.1 Å². The van der Waals surface area contributed by atoms with Crippen molar-refractivity contribution in [3.8, 4) is 0 Å². The fraction of sp³-hybridized carbons (Fsp3) is 0.375. The lowest BCUT2D eigenvalue weighted by Crippen LogP contribution is -2.37. The number of aromatic nitrogens is 2. The van der Waals surface area contributed by atoms with E-state index >= 15 is 0 Å². The number of benzene rings is 1. The molecular weight excluding hydrogens is 283 g/mol. The van der Waals surface area contributed by atoms with Gasteiger partial charge in [0.15, 0.2) is 0 Å². The van der Waals surface area contributed by atoms with Gasteiger partial charge in [-0.15, -0.1) is 0 Å². The zero-order valence-electron chi connectivity index (χ0n) is 12.6. The topological polar surface area (TPSA) is 50.3 Å². The summed E-state index contributed by atoms with van der Waals surface area (Å²) in [5, 5.41) is 3.14. The maximum Gasteiger partial charge on any atom is 0.229 e. The normalized spacial score (nSPS) is 14.9. The average molecular weight is 302 g/mol. The van der Waals surface area contributed by atoms with Crippen molar-refractivity contribution in [1.82, 2.24) is 9.97 Å². The van der Waals surface area contributed by atoms with E-state index in [4.69, 9.17) is 4.74 Å². The van der Waals surface area contributed by atoms with Crippen LogP contribution in [0, 0.1) is 5.82 Å². The second kappa shape index (κ2) is 6.70. The number of aryl methyl sites for hydroxylation is 1. The third-order valence-corrected chi connectivity index (χ3v) is 3.56. The van der Waals surface area contributed by atoms with Gasteiger partial charge in [0, 0.05) is 30.5 Å². The van der Waals surface area contributed by atoms with Gasteiger partial charge in [-0.3, -0.25) is 0 Å². The highest BCUT2D eigenvalue weighted by Gasteiger charge is 2.14. The van der Waals surface area contributed by atoms with Crippen LogP contribution in [-0.2, 0) is 11.2 Å². The molecule has 0 aliphatic carbocycles. The maximum absolute atomic E-state index is 13.0. The van der Waals surface area contributed by atoms with Gasteiger partial charge in [0.1, 0.15) is 11.6 Å². The van der Waals surface area contributed by atoms with Crippen LogP contribution in [0.5, 0.6) is 0 Å². The summed E-state index contributed by atoms with van der Waals surface area (Å²) in [7, 11) is 0. The van der Waals surface area contributed by atoms with E-state index < -0.39 is 0 Å². The van der Waals surface area contributed by atoms with Gasteiger partial charge < -0.3 is 15.0 Å². The molecule has 1 N–H and O–H groups in total. The zero-order chi connectivity index (χ0) is 15.4.